The van der Waals surface area contributed by atoms with E-state index >= 15 is 0 Å². The van der Waals surface area contributed by atoms with Gasteiger partial charge < -0.3 is 24.8 Å². The molecule has 40 heavy (non-hydrogen) atoms. The number of fused-ring (bicyclic) bond motifs is 1. The molecule has 0 bridgehead atoms. The van der Waals surface area contributed by atoms with Crippen molar-refractivity contribution in [2.45, 2.75) is 39.0 Å². The van der Waals surface area contributed by atoms with E-state index in [9.17, 15) is 14.7 Å². The third-order valence-electron chi connectivity index (χ3n) is 7.26. The fraction of sp³-hybridized carbons (Fsp3) is 0.375. The highest BCUT2D eigenvalue weighted by Crippen LogP contribution is 2.31. The Morgan fingerprint density at radius 2 is 1.85 bits per heavy atom. The second-order valence-corrected chi connectivity index (χ2v) is 10.6. The zero-order valence-corrected chi connectivity index (χ0v) is 23.7. The summed E-state index contributed by atoms with van der Waals surface area (Å²) in [5, 5.41) is 12.8. The number of hydrogen-bond donors (Lipinski definition) is 2. The van der Waals surface area contributed by atoms with Crippen LogP contribution in [0.15, 0.2) is 72.8 Å². The smallest absolute Gasteiger partial charge is 0.258 e. The van der Waals surface area contributed by atoms with Crippen molar-refractivity contribution in [2.75, 3.05) is 39.2 Å². The molecule has 1 aliphatic rings. The third-order valence-corrected chi connectivity index (χ3v) is 7.26. The fourth-order valence-corrected chi connectivity index (χ4v) is 4.92. The molecule has 4 rings (SSSR count). The summed E-state index contributed by atoms with van der Waals surface area (Å²) in [7, 11) is 3.70. The molecule has 3 aromatic carbocycles. The van der Waals surface area contributed by atoms with Gasteiger partial charge in [0.1, 0.15) is 17.6 Å². The summed E-state index contributed by atoms with van der Waals surface area (Å²) >= 11 is 0. The van der Waals surface area contributed by atoms with Gasteiger partial charge in [-0.25, -0.2) is 0 Å². The monoisotopic (exact) mass is 545 g/mol. The first-order valence-electron chi connectivity index (χ1n) is 13.6. The van der Waals surface area contributed by atoms with Crippen LogP contribution >= 0.6 is 0 Å². The molecule has 0 saturated heterocycles. The maximum Gasteiger partial charge on any atom is 0.258 e. The van der Waals surface area contributed by atoms with E-state index in [1.54, 1.807) is 30.2 Å². The van der Waals surface area contributed by atoms with E-state index < -0.39 is 0 Å². The maximum absolute atomic E-state index is 13.7. The zero-order chi connectivity index (χ0) is 28.6. The molecule has 0 saturated carbocycles. The molecular formula is C32H39N3O5. The van der Waals surface area contributed by atoms with Crippen LogP contribution in [-0.4, -0.2) is 72.7 Å². The lowest BCUT2D eigenvalue weighted by molar-refractivity contribution is -0.115. The summed E-state index contributed by atoms with van der Waals surface area (Å²) in [4.78, 5) is 30.3. The van der Waals surface area contributed by atoms with E-state index in [0.717, 1.165) is 23.4 Å². The summed E-state index contributed by atoms with van der Waals surface area (Å²) < 4.78 is 11.8. The molecule has 1 aliphatic heterocycles. The molecule has 0 radical (unpaired) electrons. The van der Waals surface area contributed by atoms with Crippen molar-refractivity contribution in [2.24, 2.45) is 5.92 Å². The van der Waals surface area contributed by atoms with E-state index in [1.807, 2.05) is 68.6 Å². The number of carbonyl (C=O) groups is 2. The molecule has 3 aromatic rings. The van der Waals surface area contributed by atoms with Crippen molar-refractivity contribution in [1.29, 1.82) is 0 Å². The van der Waals surface area contributed by atoms with E-state index in [1.165, 1.54) is 0 Å². The highest BCUT2D eigenvalue weighted by molar-refractivity contribution is 6.00. The Morgan fingerprint density at radius 1 is 1.12 bits per heavy atom. The van der Waals surface area contributed by atoms with Gasteiger partial charge >= 0.3 is 0 Å². The summed E-state index contributed by atoms with van der Waals surface area (Å²) in [5.74, 6) is 0.897. The van der Waals surface area contributed by atoms with Crippen molar-refractivity contribution in [3.05, 3.63) is 89.5 Å². The quantitative estimate of drug-likeness (QED) is 0.396. The highest BCUT2D eigenvalue weighted by Gasteiger charge is 2.33. The number of nitrogens with zero attached hydrogens (tertiary/aromatic N) is 2. The first kappa shape index (κ1) is 29.1. The number of amides is 2. The second kappa shape index (κ2) is 13.5. The second-order valence-electron chi connectivity index (χ2n) is 10.6. The number of methoxy groups -OCH3 is 1. The number of rotatable bonds is 10. The van der Waals surface area contributed by atoms with Gasteiger partial charge in [-0.3, -0.25) is 14.5 Å². The number of benzene rings is 3. The van der Waals surface area contributed by atoms with Crippen LogP contribution in [-0.2, 0) is 17.8 Å². The number of anilines is 1. The van der Waals surface area contributed by atoms with E-state index in [2.05, 4.69) is 17.1 Å². The molecule has 0 spiro atoms. The SMILES string of the molecule is COc1ccc(CN(C)C[C@@H]2Oc3ccc(NC(=O)Cc4ccccc4)cc3C(=O)N([C@H](C)CO)C[C@H]2C)cc1. The third kappa shape index (κ3) is 7.40. The van der Waals surface area contributed by atoms with Crippen LogP contribution in [0.4, 0.5) is 5.69 Å². The van der Waals surface area contributed by atoms with Crippen LogP contribution in [0.3, 0.4) is 0 Å². The van der Waals surface area contributed by atoms with Crippen LogP contribution in [0.5, 0.6) is 11.5 Å². The van der Waals surface area contributed by atoms with E-state index in [4.69, 9.17) is 9.47 Å². The minimum atomic E-state index is -0.366. The van der Waals surface area contributed by atoms with Gasteiger partial charge in [-0.15, -0.1) is 0 Å². The Labute approximate surface area is 236 Å². The highest BCUT2D eigenvalue weighted by atomic mass is 16.5. The Morgan fingerprint density at radius 3 is 2.52 bits per heavy atom. The van der Waals surface area contributed by atoms with Gasteiger partial charge in [0.05, 0.1) is 31.7 Å². The van der Waals surface area contributed by atoms with Gasteiger partial charge in [-0.2, -0.15) is 0 Å². The first-order valence-corrected chi connectivity index (χ1v) is 13.6. The van der Waals surface area contributed by atoms with Crippen molar-refractivity contribution in [3.8, 4) is 11.5 Å². The minimum absolute atomic E-state index is 0.00895. The van der Waals surface area contributed by atoms with Crippen LogP contribution in [0.2, 0.25) is 0 Å². The Bertz CT molecular complexity index is 1280. The minimum Gasteiger partial charge on any atom is -0.497 e. The number of likely N-dealkylation sites (N-methyl/N-ethyl adjacent to an activating group) is 1. The molecular weight excluding hydrogens is 506 g/mol. The molecule has 0 aromatic heterocycles. The topological polar surface area (TPSA) is 91.3 Å². The van der Waals surface area contributed by atoms with E-state index in [0.29, 0.717) is 30.1 Å². The molecule has 0 aliphatic carbocycles. The zero-order valence-electron chi connectivity index (χ0n) is 23.7. The van der Waals surface area contributed by atoms with Crippen molar-refractivity contribution < 1.29 is 24.2 Å². The number of hydrogen-bond acceptors (Lipinski definition) is 6. The van der Waals surface area contributed by atoms with E-state index in [-0.39, 0.29) is 42.9 Å². The normalized spacial score (nSPS) is 17.9. The predicted molar refractivity (Wildman–Crippen MR) is 156 cm³/mol. The van der Waals surface area contributed by atoms with Crippen LogP contribution < -0.4 is 14.8 Å². The number of aliphatic hydroxyl groups is 1. The fourth-order valence-electron chi connectivity index (χ4n) is 4.92. The maximum atomic E-state index is 13.7. The Kier molecular flexibility index (Phi) is 9.79. The average molecular weight is 546 g/mol. The van der Waals surface area contributed by atoms with Gasteiger partial charge in [0, 0.05) is 31.2 Å². The van der Waals surface area contributed by atoms with Crippen molar-refractivity contribution in [1.82, 2.24) is 9.80 Å². The van der Waals surface area contributed by atoms with Crippen LogP contribution in [0.25, 0.3) is 0 Å². The van der Waals surface area contributed by atoms with Crippen molar-refractivity contribution >= 4 is 17.5 Å². The van der Waals surface area contributed by atoms with Gasteiger partial charge in [0.2, 0.25) is 5.91 Å². The summed E-state index contributed by atoms with van der Waals surface area (Å²) in [6, 6.07) is 22.3. The number of aliphatic hydroxyl groups excluding tert-OH is 1. The Hall–Kier alpha value is -3.88. The summed E-state index contributed by atoms with van der Waals surface area (Å²) in [6.07, 6.45) is 0.0258. The summed E-state index contributed by atoms with van der Waals surface area (Å²) in [5.41, 5.74) is 2.95. The lowest BCUT2D eigenvalue weighted by Crippen LogP contribution is -2.49. The van der Waals surface area contributed by atoms with Gasteiger partial charge in [0.25, 0.3) is 5.91 Å². The molecule has 1 heterocycles. The number of ether oxygens (including phenoxy) is 2. The number of carbonyl (C=O) groups excluding carboxylic acids is 2. The standard InChI is InChI=1S/C32H39N3O5/c1-22-18-35(23(2)21-36)32(38)28-17-26(33-31(37)16-24-8-6-5-7-9-24)12-15-29(28)40-30(22)20-34(3)19-25-10-13-27(39-4)14-11-25/h5-15,17,22-23,30,36H,16,18-21H2,1-4H3,(H,33,37)/t22-,23-,30+/m1/s1. The van der Waals surface area contributed by atoms with Crippen molar-refractivity contribution in [3.63, 3.8) is 0 Å². The molecule has 2 amide bonds. The lowest BCUT2D eigenvalue weighted by atomic mass is 9.99. The largest absolute Gasteiger partial charge is 0.497 e. The molecule has 212 valence electrons. The molecule has 8 heteroatoms. The first-order chi connectivity index (χ1) is 19.3. The molecule has 0 fully saturated rings. The molecule has 2 N–H and O–H groups in total. The molecule has 3 atom stereocenters. The van der Waals surface area contributed by atoms with Crippen LogP contribution in [0, 0.1) is 5.92 Å². The number of nitrogens with one attached hydrogen (secondary N) is 1. The van der Waals surface area contributed by atoms with Gasteiger partial charge in [0.15, 0.2) is 0 Å². The molecule has 8 nitrogen and oxygen atoms in total. The van der Waals surface area contributed by atoms with Crippen LogP contribution in [0.1, 0.15) is 35.3 Å². The molecule has 0 unspecified atom stereocenters. The van der Waals surface area contributed by atoms with Gasteiger partial charge in [-0.05, 0) is 55.4 Å². The predicted octanol–water partition coefficient (Wildman–Crippen LogP) is 4.23. The average Bonchev–Trinajstić information content (AvgIpc) is 2.95. The Balaban J connectivity index is 1.54. The summed E-state index contributed by atoms with van der Waals surface area (Å²) in [6.45, 7) is 5.56. The van der Waals surface area contributed by atoms with Gasteiger partial charge in [-0.1, -0.05) is 49.4 Å². The lowest BCUT2D eigenvalue weighted by Gasteiger charge is -2.38.